The smallest absolute Gasteiger partial charge is 0.289 e. The van der Waals surface area contributed by atoms with Gasteiger partial charge in [-0.2, -0.15) is 0 Å². The topological polar surface area (TPSA) is 43.3 Å². The molecule has 6 heteroatoms. The molecule has 0 fully saturated rings. The van der Waals surface area contributed by atoms with Crippen molar-refractivity contribution in [1.29, 1.82) is 0 Å². The molecule has 0 aliphatic rings. The molecule has 1 aromatic heterocycles. The minimum atomic E-state index is 0. The Morgan fingerprint density at radius 3 is 2.57 bits per heavy atom. The number of hydrogen-bond donors (Lipinski definition) is 0. The summed E-state index contributed by atoms with van der Waals surface area (Å²) in [6, 6.07) is 17.9. The molecule has 0 N–H and O–H groups in total. The Morgan fingerprint density at radius 2 is 1.87 bits per heavy atom. The highest BCUT2D eigenvalue weighted by Crippen LogP contribution is 2.09. The lowest BCUT2D eigenvalue weighted by Crippen LogP contribution is -2.24. The predicted octanol–water partition coefficient (Wildman–Crippen LogP) is 2.53. The maximum Gasteiger partial charge on any atom is 0.289 e. The lowest BCUT2D eigenvalue weighted by molar-refractivity contribution is -0.679. The van der Waals surface area contributed by atoms with E-state index in [2.05, 4.69) is 22.3 Å². The second-order valence-corrected chi connectivity index (χ2v) is 4.83. The van der Waals surface area contributed by atoms with E-state index in [1.807, 2.05) is 53.5 Å². The highest BCUT2D eigenvalue weighted by atomic mass is 35.5. The SMILES string of the molecule is COc1ccc(/C=N\[n+]2cnn(Cc3ccccc3)c2)cc1.Cl. The molecule has 3 rings (SSSR count). The van der Waals surface area contributed by atoms with Crippen LogP contribution in [0, 0.1) is 0 Å². The summed E-state index contributed by atoms with van der Waals surface area (Å²) in [5, 5.41) is 8.66. The van der Waals surface area contributed by atoms with E-state index >= 15 is 0 Å². The molecule has 0 amide bonds. The van der Waals surface area contributed by atoms with Gasteiger partial charge in [0.15, 0.2) is 0 Å². The van der Waals surface area contributed by atoms with Crippen molar-refractivity contribution in [3.63, 3.8) is 0 Å². The van der Waals surface area contributed by atoms with Crippen molar-refractivity contribution in [2.24, 2.45) is 5.10 Å². The Bertz CT molecular complexity index is 754. The predicted molar refractivity (Wildman–Crippen MR) is 91.2 cm³/mol. The van der Waals surface area contributed by atoms with Crippen LogP contribution in [-0.2, 0) is 6.54 Å². The minimum absolute atomic E-state index is 0. The normalized spacial score (nSPS) is 10.5. The highest BCUT2D eigenvalue weighted by Gasteiger charge is 2.05. The minimum Gasteiger partial charge on any atom is -0.497 e. The first-order chi connectivity index (χ1) is 10.8. The summed E-state index contributed by atoms with van der Waals surface area (Å²) in [4.78, 5) is 0. The van der Waals surface area contributed by atoms with Crippen LogP contribution in [0.1, 0.15) is 11.1 Å². The molecule has 0 aliphatic carbocycles. The zero-order chi connectivity index (χ0) is 15.2. The fourth-order valence-corrected chi connectivity index (χ4v) is 2.05. The van der Waals surface area contributed by atoms with Crippen LogP contribution in [0.5, 0.6) is 5.75 Å². The van der Waals surface area contributed by atoms with E-state index in [0.29, 0.717) is 0 Å². The highest BCUT2D eigenvalue weighted by molar-refractivity contribution is 5.85. The number of halogens is 1. The summed E-state index contributed by atoms with van der Waals surface area (Å²) >= 11 is 0. The van der Waals surface area contributed by atoms with E-state index < -0.39 is 0 Å². The zero-order valence-corrected chi connectivity index (χ0v) is 13.6. The Hall–Kier alpha value is -2.66. The molecule has 23 heavy (non-hydrogen) atoms. The summed E-state index contributed by atoms with van der Waals surface area (Å²) in [6.45, 7) is 0.728. The second-order valence-electron chi connectivity index (χ2n) is 4.83. The van der Waals surface area contributed by atoms with Crippen LogP contribution in [0.15, 0.2) is 72.4 Å². The van der Waals surface area contributed by atoms with E-state index in [4.69, 9.17) is 4.74 Å². The molecular weight excluding hydrogens is 312 g/mol. The van der Waals surface area contributed by atoms with E-state index in [1.54, 1.807) is 24.3 Å². The van der Waals surface area contributed by atoms with Gasteiger partial charge in [0.05, 0.1) is 13.3 Å². The lowest BCUT2D eigenvalue weighted by atomic mass is 10.2. The molecule has 0 saturated heterocycles. The van der Waals surface area contributed by atoms with Crippen molar-refractivity contribution < 1.29 is 9.41 Å². The van der Waals surface area contributed by atoms with Gasteiger partial charge in [0, 0.05) is 5.10 Å². The van der Waals surface area contributed by atoms with E-state index in [9.17, 15) is 0 Å². The maximum absolute atomic E-state index is 5.13. The summed E-state index contributed by atoms with van der Waals surface area (Å²) < 4.78 is 8.66. The maximum atomic E-state index is 5.13. The summed E-state index contributed by atoms with van der Waals surface area (Å²) in [5.74, 6) is 0.834. The first-order valence-electron chi connectivity index (χ1n) is 6.99. The fourth-order valence-electron chi connectivity index (χ4n) is 2.05. The van der Waals surface area contributed by atoms with Gasteiger partial charge in [0.1, 0.15) is 12.3 Å². The quantitative estimate of drug-likeness (QED) is 0.533. The van der Waals surface area contributed by atoms with Crippen LogP contribution in [0.3, 0.4) is 0 Å². The second kappa shape index (κ2) is 8.10. The molecule has 0 spiro atoms. The third-order valence-electron chi connectivity index (χ3n) is 3.21. The van der Waals surface area contributed by atoms with Crippen LogP contribution in [0.25, 0.3) is 0 Å². The molecule has 0 saturated carbocycles. The van der Waals surface area contributed by atoms with Gasteiger partial charge >= 0.3 is 0 Å². The number of benzene rings is 2. The number of hydrogen-bond acceptors (Lipinski definition) is 3. The van der Waals surface area contributed by atoms with Gasteiger partial charge in [-0.05, 0) is 35.4 Å². The number of methoxy groups -OCH3 is 1. The number of nitrogens with zero attached hydrogens (tertiary/aromatic N) is 4. The molecule has 1 heterocycles. The van der Waals surface area contributed by atoms with E-state index in [0.717, 1.165) is 17.9 Å². The van der Waals surface area contributed by atoms with Gasteiger partial charge in [-0.3, -0.25) is 0 Å². The molecule has 2 aromatic carbocycles. The molecular formula is C17H18ClN4O+. The van der Waals surface area contributed by atoms with Crippen molar-refractivity contribution >= 4 is 18.6 Å². The third-order valence-corrected chi connectivity index (χ3v) is 3.21. The fraction of sp³-hybridized carbons (Fsp3) is 0.118. The molecule has 118 valence electrons. The first-order valence-corrected chi connectivity index (χ1v) is 6.99. The Labute approximate surface area is 141 Å². The van der Waals surface area contributed by atoms with Gasteiger partial charge in [-0.25, -0.2) is 0 Å². The van der Waals surface area contributed by atoms with E-state index in [-0.39, 0.29) is 12.4 Å². The number of rotatable bonds is 5. The lowest BCUT2D eigenvalue weighted by Gasteiger charge is -1.97. The Kier molecular flexibility index (Phi) is 5.88. The zero-order valence-electron chi connectivity index (χ0n) is 12.7. The largest absolute Gasteiger partial charge is 0.497 e. The van der Waals surface area contributed by atoms with Gasteiger partial charge in [-0.15, -0.1) is 26.9 Å². The first kappa shape index (κ1) is 16.7. The standard InChI is InChI=1S/C17H17N4O.ClH/c1-22-17-9-7-15(8-10-17)11-18-21-13-19-20(14-21)12-16-5-3-2-4-6-16;/h2-11,13-14H,12H2,1H3;1H/q+1;/b18-11-;. The molecule has 5 nitrogen and oxygen atoms in total. The molecule has 0 atom stereocenters. The van der Waals surface area contributed by atoms with Crippen LogP contribution in [0.4, 0.5) is 0 Å². The molecule has 3 aromatic rings. The monoisotopic (exact) mass is 329 g/mol. The average Bonchev–Trinajstić information content (AvgIpc) is 3.02. The van der Waals surface area contributed by atoms with Crippen LogP contribution < -0.4 is 9.41 Å². The van der Waals surface area contributed by atoms with Crippen LogP contribution >= 0.6 is 12.4 Å². The van der Waals surface area contributed by atoms with Crippen LogP contribution in [-0.4, -0.2) is 23.1 Å². The van der Waals surface area contributed by atoms with Gasteiger partial charge in [-0.1, -0.05) is 30.3 Å². The molecule has 0 aliphatic heterocycles. The van der Waals surface area contributed by atoms with Crippen molar-refractivity contribution in [3.8, 4) is 5.75 Å². The summed E-state index contributed by atoms with van der Waals surface area (Å²) in [7, 11) is 1.65. The van der Waals surface area contributed by atoms with Crippen molar-refractivity contribution in [1.82, 2.24) is 9.78 Å². The van der Waals surface area contributed by atoms with Gasteiger partial charge in [0.2, 0.25) is 6.33 Å². The van der Waals surface area contributed by atoms with Crippen molar-refractivity contribution in [2.75, 3.05) is 7.11 Å². The van der Waals surface area contributed by atoms with Gasteiger partial charge < -0.3 is 4.74 Å². The molecule has 0 radical (unpaired) electrons. The summed E-state index contributed by atoms with van der Waals surface area (Å²) in [5.41, 5.74) is 2.21. The Balaban J connectivity index is 0.00000192. The van der Waals surface area contributed by atoms with E-state index in [1.165, 1.54) is 5.56 Å². The average molecular weight is 330 g/mol. The van der Waals surface area contributed by atoms with Gasteiger partial charge in [0.25, 0.3) is 6.33 Å². The third kappa shape index (κ3) is 4.66. The molecule has 0 unspecified atom stereocenters. The molecule has 0 bridgehead atoms. The number of aromatic nitrogens is 3. The Morgan fingerprint density at radius 1 is 1.13 bits per heavy atom. The number of ether oxygens (including phenoxy) is 1. The van der Waals surface area contributed by atoms with Crippen molar-refractivity contribution in [3.05, 3.63) is 78.4 Å². The van der Waals surface area contributed by atoms with Crippen molar-refractivity contribution in [2.45, 2.75) is 6.54 Å². The summed E-state index contributed by atoms with van der Waals surface area (Å²) in [6.07, 6.45) is 5.32. The van der Waals surface area contributed by atoms with Crippen LogP contribution in [0.2, 0.25) is 0 Å².